The Kier molecular flexibility index (Phi) is 4.44. The topological polar surface area (TPSA) is 74.3 Å². The van der Waals surface area contributed by atoms with Gasteiger partial charge in [0.1, 0.15) is 5.76 Å². The van der Waals surface area contributed by atoms with Crippen LogP contribution in [-0.4, -0.2) is 22.6 Å². The molecule has 0 aliphatic heterocycles. The van der Waals surface area contributed by atoms with E-state index in [0.29, 0.717) is 21.8 Å². The van der Waals surface area contributed by atoms with Crippen LogP contribution in [0, 0.1) is 0 Å². The standard InChI is InChI=1S/C17H16N2O4S/c1-10(13-8-9-14(23-13)16(21)22-3)24-17-18-12-7-5-4-6-11(12)15(20)19(17)2/h4-10H,1-3H3. The smallest absolute Gasteiger partial charge is 0.373 e. The van der Waals surface area contributed by atoms with Gasteiger partial charge in [-0.2, -0.15) is 0 Å². The summed E-state index contributed by atoms with van der Waals surface area (Å²) in [5, 5.41) is 1.05. The minimum atomic E-state index is -0.519. The van der Waals surface area contributed by atoms with Crippen LogP contribution in [-0.2, 0) is 11.8 Å². The zero-order valence-electron chi connectivity index (χ0n) is 13.5. The first kappa shape index (κ1) is 16.3. The minimum Gasteiger partial charge on any atom is -0.463 e. The van der Waals surface area contributed by atoms with Crippen molar-refractivity contribution in [3.8, 4) is 0 Å². The number of carbonyl (C=O) groups excluding carboxylic acids is 1. The van der Waals surface area contributed by atoms with E-state index in [1.165, 1.54) is 23.4 Å². The summed E-state index contributed by atoms with van der Waals surface area (Å²) in [5.74, 6) is 0.248. The number of para-hydroxylation sites is 1. The molecule has 124 valence electrons. The molecule has 0 fully saturated rings. The van der Waals surface area contributed by atoms with Crippen LogP contribution in [0.5, 0.6) is 0 Å². The number of benzene rings is 1. The van der Waals surface area contributed by atoms with E-state index in [9.17, 15) is 9.59 Å². The zero-order chi connectivity index (χ0) is 17.3. The number of furan rings is 1. The van der Waals surface area contributed by atoms with E-state index in [-0.39, 0.29) is 16.6 Å². The van der Waals surface area contributed by atoms with Crippen LogP contribution in [0.25, 0.3) is 10.9 Å². The van der Waals surface area contributed by atoms with E-state index < -0.39 is 5.97 Å². The maximum atomic E-state index is 12.4. The molecule has 3 aromatic rings. The Hall–Kier alpha value is -2.54. The molecule has 3 rings (SSSR count). The molecule has 2 heterocycles. The van der Waals surface area contributed by atoms with Gasteiger partial charge in [0.25, 0.3) is 5.56 Å². The van der Waals surface area contributed by atoms with Crippen molar-refractivity contribution in [1.82, 2.24) is 9.55 Å². The summed E-state index contributed by atoms with van der Waals surface area (Å²) in [6.07, 6.45) is 0. The van der Waals surface area contributed by atoms with Gasteiger partial charge in [0, 0.05) is 7.05 Å². The molecule has 1 aromatic carbocycles. The lowest BCUT2D eigenvalue weighted by Gasteiger charge is -2.12. The normalized spacial score (nSPS) is 12.3. The van der Waals surface area contributed by atoms with Crippen molar-refractivity contribution in [1.29, 1.82) is 0 Å². The van der Waals surface area contributed by atoms with E-state index in [0.717, 1.165) is 0 Å². The van der Waals surface area contributed by atoms with Crippen LogP contribution in [0.3, 0.4) is 0 Å². The fraction of sp³-hybridized carbons (Fsp3) is 0.235. The second-order valence-electron chi connectivity index (χ2n) is 5.23. The predicted octanol–water partition coefficient (Wildman–Crippen LogP) is 3.17. The number of aromatic nitrogens is 2. The average molecular weight is 344 g/mol. The van der Waals surface area contributed by atoms with Crippen LogP contribution in [0.1, 0.15) is 28.5 Å². The monoisotopic (exact) mass is 344 g/mol. The van der Waals surface area contributed by atoms with Gasteiger partial charge in [-0.05, 0) is 31.2 Å². The van der Waals surface area contributed by atoms with Crippen LogP contribution in [0.15, 0.2) is 50.8 Å². The molecule has 0 aliphatic carbocycles. The Bertz CT molecular complexity index is 961. The Balaban J connectivity index is 1.92. The number of hydrogen-bond acceptors (Lipinski definition) is 6. The summed E-state index contributed by atoms with van der Waals surface area (Å²) < 4.78 is 11.7. The molecule has 2 aromatic heterocycles. The van der Waals surface area contributed by atoms with E-state index in [4.69, 9.17) is 4.42 Å². The molecule has 0 saturated carbocycles. The zero-order valence-corrected chi connectivity index (χ0v) is 14.3. The first-order valence-corrected chi connectivity index (χ1v) is 8.19. The average Bonchev–Trinajstić information content (AvgIpc) is 3.09. The van der Waals surface area contributed by atoms with Crippen molar-refractivity contribution in [2.24, 2.45) is 7.05 Å². The number of hydrogen-bond donors (Lipinski definition) is 0. The number of nitrogens with zero attached hydrogens (tertiary/aromatic N) is 2. The van der Waals surface area contributed by atoms with Crippen LogP contribution < -0.4 is 5.56 Å². The van der Waals surface area contributed by atoms with Gasteiger partial charge in [0.2, 0.25) is 5.76 Å². The molecule has 0 N–H and O–H groups in total. The van der Waals surface area contributed by atoms with Crippen molar-refractivity contribution in [3.05, 3.63) is 58.3 Å². The van der Waals surface area contributed by atoms with Gasteiger partial charge in [-0.1, -0.05) is 23.9 Å². The molecule has 0 bridgehead atoms. The van der Waals surface area contributed by atoms with Crippen molar-refractivity contribution in [3.63, 3.8) is 0 Å². The van der Waals surface area contributed by atoms with Gasteiger partial charge in [-0.3, -0.25) is 9.36 Å². The summed E-state index contributed by atoms with van der Waals surface area (Å²) in [5.41, 5.74) is 0.565. The molecule has 6 nitrogen and oxygen atoms in total. The van der Waals surface area contributed by atoms with Gasteiger partial charge in [0.05, 0.1) is 23.3 Å². The highest BCUT2D eigenvalue weighted by molar-refractivity contribution is 7.99. The molecule has 0 saturated heterocycles. The maximum Gasteiger partial charge on any atom is 0.373 e. The first-order valence-electron chi connectivity index (χ1n) is 7.31. The number of carbonyl (C=O) groups is 1. The van der Waals surface area contributed by atoms with Crippen LogP contribution >= 0.6 is 11.8 Å². The maximum absolute atomic E-state index is 12.4. The molecule has 0 spiro atoms. The Morgan fingerprint density at radius 2 is 2.04 bits per heavy atom. The highest BCUT2D eigenvalue weighted by Gasteiger charge is 2.18. The summed E-state index contributed by atoms with van der Waals surface area (Å²) in [7, 11) is 3.00. The number of thioether (sulfide) groups is 1. The Morgan fingerprint density at radius 1 is 1.29 bits per heavy atom. The lowest BCUT2D eigenvalue weighted by atomic mass is 10.2. The number of ether oxygens (including phenoxy) is 1. The van der Waals surface area contributed by atoms with Crippen LogP contribution in [0.4, 0.5) is 0 Å². The van der Waals surface area contributed by atoms with E-state index >= 15 is 0 Å². The molecule has 0 radical (unpaired) electrons. The summed E-state index contributed by atoms with van der Waals surface area (Å²) in [6.45, 7) is 1.92. The van der Waals surface area contributed by atoms with Gasteiger partial charge in [0.15, 0.2) is 5.16 Å². The van der Waals surface area contributed by atoms with E-state index in [1.807, 2.05) is 25.1 Å². The summed E-state index contributed by atoms with van der Waals surface area (Å²) in [4.78, 5) is 28.4. The van der Waals surface area contributed by atoms with Crippen molar-refractivity contribution in [2.75, 3.05) is 7.11 Å². The largest absolute Gasteiger partial charge is 0.463 e. The third-order valence-corrected chi connectivity index (χ3v) is 4.80. The fourth-order valence-corrected chi connectivity index (χ4v) is 3.25. The molecule has 7 heteroatoms. The van der Waals surface area contributed by atoms with E-state index in [1.54, 1.807) is 25.2 Å². The lowest BCUT2D eigenvalue weighted by molar-refractivity contribution is 0.0563. The number of rotatable bonds is 4. The molecule has 0 amide bonds. The third-order valence-electron chi connectivity index (χ3n) is 3.64. The molecular weight excluding hydrogens is 328 g/mol. The highest BCUT2D eigenvalue weighted by Crippen LogP contribution is 2.34. The predicted molar refractivity (Wildman–Crippen MR) is 91.3 cm³/mol. The Morgan fingerprint density at radius 3 is 2.79 bits per heavy atom. The number of methoxy groups -OCH3 is 1. The van der Waals surface area contributed by atoms with Crippen molar-refractivity contribution < 1.29 is 13.9 Å². The van der Waals surface area contributed by atoms with Gasteiger partial charge in [-0.15, -0.1) is 0 Å². The quantitative estimate of drug-likeness (QED) is 0.411. The van der Waals surface area contributed by atoms with Crippen molar-refractivity contribution >= 4 is 28.6 Å². The van der Waals surface area contributed by atoms with Gasteiger partial charge in [-0.25, -0.2) is 9.78 Å². The highest BCUT2D eigenvalue weighted by atomic mass is 32.2. The second kappa shape index (κ2) is 6.52. The Labute approximate surface area is 142 Å². The number of fused-ring (bicyclic) bond motifs is 1. The summed E-state index contributed by atoms with van der Waals surface area (Å²) in [6, 6.07) is 10.5. The fourth-order valence-electron chi connectivity index (χ4n) is 2.30. The lowest BCUT2D eigenvalue weighted by Crippen LogP contribution is -2.20. The third kappa shape index (κ3) is 2.94. The SMILES string of the molecule is COC(=O)c1ccc(C(C)Sc2nc3ccccc3c(=O)n2C)o1. The minimum absolute atomic E-state index is 0.0926. The molecule has 1 atom stereocenters. The number of esters is 1. The molecule has 0 aliphatic rings. The molecule has 1 unspecified atom stereocenters. The van der Waals surface area contributed by atoms with Crippen LogP contribution in [0.2, 0.25) is 0 Å². The van der Waals surface area contributed by atoms with Crippen molar-refractivity contribution in [2.45, 2.75) is 17.3 Å². The first-order chi connectivity index (χ1) is 11.5. The molecular formula is C17H16N2O4S. The summed E-state index contributed by atoms with van der Waals surface area (Å²) >= 11 is 1.39. The van der Waals surface area contributed by atoms with E-state index in [2.05, 4.69) is 9.72 Å². The van der Waals surface area contributed by atoms with Gasteiger partial charge < -0.3 is 9.15 Å². The van der Waals surface area contributed by atoms with Gasteiger partial charge >= 0.3 is 5.97 Å². The second-order valence-corrected chi connectivity index (χ2v) is 6.54. The molecule has 24 heavy (non-hydrogen) atoms.